The van der Waals surface area contributed by atoms with E-state index in [1.807, 2.05) is 6.07 Å². The van der Waals surface area contributed by atoms with Crippen molar-refractivity contribution in [3.63, 3.8) is 0 Å². The molecule has 1 saturated carbocycles. The molecule has 1 unspecified atom stereocenters. The fourth-order valence-corrected chi connectivity index (χ4v) is 4.64. The number of carbonyl (C=O) groups excluding carboxylic acids is 1. The van der Waals surface area contributed by atoms with Gasteiger partial charge in [-0.25, -0.2) is 4.98 Å². The number of nitrogens with one attached hydrogen (secondary N) is 1. The lowest BCUT2D eigenvalue weighted by atomic mass is 9.85. The highest BCUT2D eigenvalue weighted by atomic mass is 35.5. The Morgan fingerprint density at radius 3 is 3.00 bits per heavy atom. The fourth-order valence-electron chi connectivity index (χ4n) is 4.44. The van der Waals surface area contributed by atoms with E-state index in [0.29, 0.717) is 28.7 Å². The Balaban J connectivity index is 1.62. The van der Waals surface area contributed by atoms with Gasteiger partial charge in [0.15, 0.2) is 0 Å². The molecule has 0 saturated heterocycles. The molecule has 2 aliphatic rings. The minimum atomic E-state index is -0.0757. The summed E-state index contributed by atoms with van der Waals surface area (Å²) < 4.78 is 2.16. The SMILES string of the molecule is CC1Cc2c(C#N)cc(-c3cc(NC(=O)[C@H]4CCC[C@@H](N)C4)ncc3Cl)n2C1. The first-order valence-electron chi connectivity index (χ1n) is 9.81. The zero-order chi connectivity index (χ0) is 19.8. The van der Waals surface area contributed by atoms with Gasteiger partial charge in [-0.15, -0.1) is 0 Å². The molecule has 1 aliphatic heterocycles. The number of anilines is 1. The lowest BCUT2D eigenvalue weighted by molar-refractivity contribution is -0.120. The zero-order valence-electron chi connectivity index (χ0n) is 15.9. The predicted molar refractivity (Wildman–Crippen MR) is 109 cm³/mol. The van der Waals surface area contributed by atoms with Crippen LogP contribution in [0.1, 0.15) is 43.9 Å². The van der Waals surface area contributed by atoms with Crippen LogP contribution in [0, 0.1) is 23.2 Å². The summed E-state index contributed by atoms with van der Waals surface area (Å²) in [6, 6.07) is 6.07. The fraction of sp³-hybridized carbons (Fsp3) is 0.476. The summed E-state index contributed by atoms with van der Waals surface area (Å²) in [6.07, 6.45) is 5.97. The molecule has 0 aromatic carbocycles. The highest BCUT2D eigenvalue weighted by Crippen LogP contribution is 2.37. The second-order valence-electron chi connectivity index (χ2n) is 8.08. The monoisotopic (exact) mass is 397 g/mol. The minimum absolute atomic E-state index is 0.0392. The number of amides is 1. The van der Waals surface area contributed by atoms with Crippen LogP contribution in [-0.4, -0.2) is 21.5 Å². The Morgan fingerprint density at radius 2 is 2.25 bits per heavy atom. The van der Waals surface area contributed by atoms with Crippen molar-refractivity contribution >= 4 is 23.3 Å². The summed E-state index contributed by atoms with van der Waals surface area (Å²) in [7, 11) is 0. The quantitative estimate of drug-likeness (QED) is 0.824. The molecular formula is C21H24ClN5O. The number of carbonyl (C=O) groups is 1. The third kappa shape index (κ3) is 3.52. The van der Waals surface area contributed by atoms with Gasteiger partial charge in [-0.05, 0) is 43.7 Å². The standard InChI is InChI=1S/C21H24ClN5O/c1-12-5-18-14(9-23)7-19(27(18)11-12)16-8-20(25-10-17(16)22)26-21(28)13-3-2-4-15(24)6-13/h7-8,10,12-13,15H,2-6,11,24H2,1H3,(H,25,26,28)/t12?,13-,15+/m0/s1. The Kier molecular flexibility index (Phi) is 5.13. The molecule has 1 amide bonds. The summed E-state index contributed by atoms with van der Waals surface area (Å²) in [6.45, 7) is 3.03. The molecule has 0 radical (unpaired) electrons. The molecule has 1 fully saturated rings. The van der Waals surface area contributed by atoms with Crippen LogP contribution in [0.25, 0.3) is 11.3 Å². The Hall–Kier alpha value is -2.36. The molecule has 7 heteroatoms. The van der Waals surface area contributed by atoms with E-state index in [9.17, 15) is 10.1 Å². The van der Waals surface area contributed by atoms with E-state index in [1.54, 1.807) is 12.3 Å². The number of halogens is 1. The van der Waals surface area contributed by atoms with Crippen molar-refractivity contribution in [2.45, 2.75) is 51.6 Å². The number of nitrogens with two attached hydrogens (primary N) is 1. The molecule has 4 rings (SSSR count). The predicted octanol–water partition coefficient (Wildman–Crippen LogP) is 3.72. The number of fused-ring (bicyclic) bond motifs is 1. The van der Waals surface area contributed by atoms with Gasteiger partial charge in [0.2, 0.25) is 5.91 Å². The summed E-state index contributed by atoms with van der Waals surface area (Å²) >= 11 is 6.44. The molecule has 2 aromatic heterocycles. The van der Waals surface area contributed by atoms with E-state index in [2.05, 4.69) is 27.9 Å². The van der Waals surface area contributed by atoms with Crippen LogP contribution in [0.2, 0.25) is 5.02 Å². The van der Waals surface area contributed by atoms with E-state index in [-0.39, 0.29) is 17.9 Å². The van der Waals surface area contributed by atoms with Crippen molar-refractivity contribution in [1.29, 1.82) is 5.26 Å². The highest BCUT2D eigenvalue weighted by Gasteiger charge is 2.27. The van der Waals surface area contributed by atoms with Crippen LogP contribution in [0.4, 0.5) is 5.82 Å². The van der Waals surface area contributed by atoms with Crippen LogP contribution in [0.3, 0.4) is 0 Å². The molecule has 0 bridgehead atoms. The van der Waals surface area contributed by atoms with Crippen molar-refractivity contribution in [2.24, 2.45) is 17.6 Å². The molecule has 2 aromatic rings. The van der Waals surface area contributed by atoms with Crippen LogP contribution >= 0.6 is 11.6 Å². The van der Waals surface area contributed by atoms with Crippen molar-refractivity contribution in [1.82, 2.24) is 9.55 Å². The van der Waals surface area contributed by atoms with E-state index < -0.39 is 0 Å². The number of aromatic nitrogens is 2. The average Bonchev–Trinajstić information content (AvgIpc) is 3.20. The second kappa shape index (κ2) is 7.57. The number of pyridine rings is 1. The van der Waals surface area contributed by atoms with Gasteiger partial charge in [-0.2, -0.15) is 5.26 Å². The van der Waals surface area contributed by atoms with E-state index in [1.165, 1.54) is 0 Å². The van der Waals surface area contributed by atoms with Gasteiger partial charge < -0.3 is 15.6 Å². The Morgan fingerprint density at radius 1 is 1.43 bits per heavy atom. The van der Waals surface area contributed by atoms with Gasteiger partial charge in [0.1, 0.15) is 11.9 Å². The van der Waals surface area contributed by atoms with Crippen LogP contribution < -0.4 is 11.1 Å². The van der Waals surface area contributed by atoms with Crippen LogP contribution in [0.5, 0.6) is 0 Å². The van der Waals surface area contributed by atoms with Gasteiger partial charge in [-0.1, -0.05) is 24.9 Å². The highest BCUT2D eigenvalue weighted by molar-refractivity contribution is 6.33. The molecule has 28 heavy (non-hydrogen) atoms. The Labute approximate surface area is 169 Å². The molecule has 1 aliphatic carbocycles. The molecule has 0 spiro atoms. The number of nitrogens with zero attached hydrogens (tertiary/aromatic N) is 3. The van der Waals surface area contributed by atoms with Crippen molar-refractivity contribution in [3.8, 4) is 17.3 Å². The lowest BCUT2D eigenvalue weighted by Crippen LogP contribution is -2.34. The minimum Gasteiger partial charge on any atom is -0.343 e. The number of hydrogen-bond donors (Lipinski definition) is 2. The van der Waals surface area contributed by atoms with Crippen LogP contribution in [-0.2, 0) is 17.8 Å². The molecule has 3 atom stereocenters. The molecule has 146 valence electrons. The summed E-state index contributed by atoms with van der Waals surface area (Å²) in [5, 5.41) is 12.9. The first kappa shape index (κ1) is 19.0. The van der Waals surface area contributed by atoms with Gasteiger partial charge in [-0.3, -0.25) is 4.79 Å². The molecule has 6 nitrogen and oxygen atoms in total. The molecular weight excluding hydrogens is 374 g/mol. The van der Waals surface area contributed by atoms with E-state index >= 15 is 0 Å². The van der Waals surface area contributed by atoms with Gasteiger partial charge in [0, 0.05) is 36.0 Å². The molecule has 3 N–H and O–H groups in total. The smallest absolute Gasteiger partial charge is 0.228 e. The maximum atomic E-state index is 12.6. The number of rotatable bonds is 3. The number of hydrogen-bond acceptors (Lipinski definition) is 4. The van der Waals surface area contributed by atoms with Gasteiger partial charge in [0.05, 0.1) is 16.3 Å². The van der Waals surface area contributed by atoms with Crippen LogP contribution in [0.15, 0.2) is 18.3 Å². The van der Waals surface area contributed by atoms with E-state index in [0.717, 1.165) is 49.2 Å². The van der Waals surface area contributed by atoms with Crippen molar-refractivity contribution in [3.05, 3.63) is 34.6 Å². The second-order valence-corrected chi connectivity index (χ2v) is 8.49. The van der Waals surface area contributed by atoms with E-state index in [4.69, 9.17) is 17.3 Å². The van der Waals surface area contributed by atoms with Crippen molar-refractivity contribution < 1.29 is 4.79 Å². The van der Waals surface area contributed by atoms with Gasteiger partial charge >= 0.3 is 0 Å². The zero-order valence-corrected chi connectivity index (χ0v) is 16.7. The third-order valence-corrected chi connectivity index (χ3v) is 6.13. The number of nitriles is 1. The first-order chi connectivity index (χ1) is 13.5. The normalized spacial score (nSPS) is 23.9. The first-order valence-corrected chi connectivity index (χ1v) is 10.2. The summed E-state index contributed by atoms with van der Waals surface area (Å²) in [5.74, 6) is 0.844. The average molecular weight is 398 g/mol. The van der Waals surface area contributed by atoms with Crippen molar-refractivity contribution in [2.75, 3.05) is 5.32 Å². The largest absolute Gasteiger partial charge is 0.343 e. The third-order valence-electron chi connectivity index (χ3n) is 5.83. The topological polar surface area (TPSA) is 96.7 Å². The molecule has 3 heterocycles. The summed E-state index contributed by atoms with van der Waals surface area (Å²) in [5.41, 5.74) is 9.44. The Bertz CT molecular complexity index is 960. The van der Waals surface area contributed by atoms with Gasteiger partial charge in [0.25, 0.3) is 0 Å². The maximum Gasteiger partial charge on any atom is 0.228 e. The maximum absolute atomic E-state index is 12.6. The summed E-state index contributed by atoms with van der Waals surface area (Å²) in [4.78, 5) is 16.9. The lowest BCUT2D eigenvalue weighted by Gasteiger charge is -2.25.